The zero-order valence-corrected chi connectivity index (χ0v) is 15.2. The lowest BCUT2D eigenvalue weighted by Gasteiger charge is -2.32. The molecule has 0 bridgehead atoms. The monoisotopic (exact) mass is 373 g/mol. The highest BCUT2D eigenvalue weighted by molar-refractivity contribution is 6.31. The zero-order valence-electron chi connectivity index (χ0n) is 14.4. The smallest absolute Gasteiger partial charge is 0.253 e. The molecule has 2 amide bonds. The number of carbonyl (C=O) groups is 2. The summed E-state index contributed by atoms with van der Waals surface area (Å²) in [6, 6.07) is 6.60. The Labute approximate surface area is 156 Å². The van der Waals surface area contributed by atoms with E-state index in [4.69, 9.17) is 11.6 Å². The van der Waals surface area contributed by atoms with E-state index in [9.17, 15) is 9.59 Å². The van der Waals surface area contributed by atoms with Crippen LogP contribution in [-0.2, 0) is 4.79 Å². The molecule has 0 unspecified atom stereocenters. The average Bonchev–Trinajstić information content (AvgIpc) is 2.69. The molecule has 1 aliphatic heterocycles. The lowest BCUT2D eigenvalue weighted by atomic mass is 9.97. The van der Waals surface area contributed by atoms with Crippen molar-refractivity contribution in [3.63, 3.8) is 0 Å². The second-order valence-corrected chi connectivity index (χ2v) is 6.53. The molecule has 2 aromatic rings. The van der Waals surface area contributed by atoms with E-state index in [1.807, 2.05) is 4.90 Å². The first-order valence-electron chi connectivity index (χ1n) is 8.43. The molecule has 0 saturated carbocycles. The number of anilines is 2. The predicted octanol–water partition coefficient (Wildman–Crippen LogP) is 2.34. The molecule has 26 heavy (non-hydrogen) atoms. The highest BCUT2D eigenvalue weighted by Crippen LogP contribution is 2.24. The van der Waals surface area contributed by atoms with Gasteiger partial charge in [0.1, 0.15) is 0 Å². The summed E-state index contributed by atoms with van der Waals surface area (Å²) in [4.78, 5) is 35.3. The Hall–Kier alpha value is -2.67. The second-order valence-electron chi connectivity index (χ2n) is 6.09. The number of hydrogen-bond acceptors (Lipinski definition) is 5. The first-order chi connectivity index (χ1) is 12.6. The second kappa shape index (κ2) is 8.14. The topological polar surface area (TPSA) is 87.2 Å². The van der Waals surface area contributed by atoms with Crippen LogP contribution in [0.25, 0.3) is 0 Å². The van der Waals surface area contributed by atoms with Crippen molar-refractivity contribution in [2.75, 3.05) is 30.4 Å². The Kier molecular flexibility index (Phi) is 5.68. The third-order valence-electron chi connectivity index (χ3n) is 4.34. The minimum absolute atomic E-state index is 0.127. The number of hydrogen-bond donors (Lipinski definition) is 2. The van der Waals surface area contributed by atoms with Gasteiger partial charge < -0.3 is 15.5 Å². The van der Waals surface area contributed by atoms with Crippen LogP contribution in [0.4, 0.5) is 11.6 Å². The van der Waals surface area contributed by atoms with Crippen molar-refractivity contribution in [1.29, 1.82) is 0 Å². The molecule has 0 spiro atoms. The van der Waals surface area contributed by atoms with Crippen LogP contribution in [0.15, 0.2) is 36.7 Å². The minimum atomic E-state index is -0.300. The van der Waals surface area contributed by atoms with E-state index in [-0.39, 0.29) is 17.7 Å². The van der Waals surface area contributed by atoms with Crippen LogP contribution in [0.1, 0.15) is 23.2 Å². The van der Waals surface area contributed by atoms with Crippen LogP contribution in [0.5, 0.6) is 0 Å². The largest absolute Gasteiger partial charge is 0.355 e. The highest BCUT2D eigenvalue weighted by atomic mass is 35.5. The fourth-order valence-electron chi connectivity index (χ4n) is 3.01. The molecule has 1 aromatic heterocycles. The zero-order chi connectivity index (χ0) is 18.5. The summed E-state index contributed by atoms with van der Waals surface area (Å²) >= 11 is 5.98. The maximum Gasteiger partial charge on any atom is 0.253 e. The normalized spacial score (nSPS) is 16.8. The lowest BCUT2D eigenvalue weighted by Crippen LogP contribution is -2.41. The molecule has 1 aliphatic rings. The number of nitrogens with zero attached hydrogens (tertiary/aromatic N) is 3. The number of nitrogens with one attached hydrogen (secondary N) is 2. The highest BCUT2D eigenvalue weighted by Gasteiger charge is 2.27. The van der Waals surface area contributed by atoms with Gasteiger partial charge in [-0.2, -0.15) is 0 Å². The predicted molar refractivity (Wildman–Crippen MR) is 100 cm³/mol. The SMILES string of the molecule is CNC(=O)c1cc(Cl)ccc1NC(=O)[C@H]1CCCN(c2ncccn2)C1. The van der Waals surface area contributed by atoms with Gasteiger partial charge in [0.2, 0.25) is 11.9 Å². The molecule has 1 aromatic carbocycles. The number of rotatable bonds is 4. The maximum atomic E-state index is 12.7. The van der Waals surface area contributed by atoms with Gasteiger partial charge in [0, 0.05) is 37.6 Å². The van der Waals surface area contributed by atoms with Gasteiger partial charge in [-0.15, -0.1) is 0 Å². The number of aromatic nitrogens is 2. The van der Waals surface area contributed by atoms with E-state index in [2.05, 4.69) is 20.6 Å². The summed E-state index contributed by atoms with van der Waals surface area (Å²) in [6.07, 6.45) is 5.03. The molecule has 8 heteroatoms. The van der Waals surface area contributed by atoms with E-state index >= 15 is 0 Å². The number of benzene rings is 1. The molecule has 2 N–H and O–H groups in total. The Morgan fingerprint density at radius 2 is 2.04 bits per heavy atom. The molecule has 0 radical (unpaired) electrons. The van der Waals surface area contributed by atoms with Gasteiger partial charge in [-0.25, -0.2) is 9.97 Å². The van der Waals surface area contributed by atoms with Crippen LogP contribution in [0.2, 0.25) is 5.02 Å². The lowest BCUT2D eigenvalue weighted by molar-refractivity contribution is -0.120. The van der Waals surface area contributed by atoms with Crippen molar-refractivity contribution in [2.45, 2.75) is 12.8 Å². The van der Waals surface area contributed by atoms with E-state index < -0.39 is 0 Å². The molecule has 1 saturated heterocycles. The van der Waals surface area contributed by atoms with Crippen LogP contribution >= 0.6 is 11.6 Å². The quantitative estimate of drug-likeness (QED) is 0.859. The summed E-state index contributed by atoms with van der Waals surface area (Å²) in [5.74, 6) is -0.00724. The number of halogens is 1. The van der Waals surface area contributed by atoms with E-state index in [1.165, 1.54) is 7.05 Å². The Balaban J connectivity index is 1.73. The Morgan fingerprint density at radius 3 is 2.77 bits per heavy atom. The number of piperidine rings is 1. The van der Waals surface area contributed by atoms with Crippen molar-refractivity contribution in [2.24, 2.45) is 5.92 Å². The van der Waals surface area contributed by atoms with Crippen molar-refractivity contribution in [3.8, 4) is 0 Å². The van der Waals surface area contributed by atoms with E-state index in [0.717, 1.165) is 19.4 Å². The summed E-state index contributed by atoms with van der Waals surface area (Å²) in [6.45, 7) is 1.36. The molecule has 3 rings (SSSR count). The van der Waals surface area contributed by atoms with Crippen molar-refractivity contribution >= 4 is 35.1 Å². The van der Waals surface area contributed by atoms with Gasteiger partial charge in [-0.05, 0) is 37.1 Å². The van der Waals surface area contributed by atoms with Crippen LogP contribution in [0.3, 0.4) is 0 Å². The summed E-state index contributed by atoms with van der Waals surface area (Å²) in [5.41, 5.74) is 0.791. The van der Waals surface area contributed by atoms with Gasteiger partial charge in [0.15, 0.2) is 0 Å². The average molecular weight is 374 g/mol. The van der Waals surface area contributed by atoms with Crippen LogP contribution < -0.4 is 15.5 Å². The molecule has 7 nitrogen and oxygen atoms in total. The van der Waals surface area contributed by atoms with E-state index in [0.29, 0.717) is 28.8 Å². The first-order valence-corrected chi connectivity index (χ1v) is 8.80. The van der Waals surface area contributed by atoms with Gasteiger partial charge >= 0.3 is 0 Å². The van der Waals surface area contributed by atoms with Crippen molar-refractivity contribution < 1.29 is 9.59 Å². The fourth-order valence-corrected chi connectivity index (χ4v) is 3.18. The summed E-state index contributed by atoms with van der Waals surface area (Å²) in [5, 5.41) is 5.86. The summed E-state index contributed by atoms with van der Waals surface area (Å²) < 4.78 is 0. The van der Waals surface area contributed by atoms with Crippen molar-refractivity contribution in [1.82, 2.24) is 15.3 Å². The molecule has 136 valence electrons. The van der Waals surface area contributed by atoms with Crippen molar-refractivity contribution in [3.05, 3.63) is 47.2 Å². The molecular formula is C18H20ClN5O2. The Morgan fingerprint density at radius 1 is 1.27 bits per heavy atom. The van der Waals surface area contributed by atoms with Gasteiger partial charge in [-0.3, -0.25) is 9.59 Å². The van der Waals surface area contributed by atoms with Gasteiger partial charge in [0.25, 0.3) is 5.91 Å². The Bertz CT molecular complexity index is 799. The molecular weight excluding hydrogens is 354 g/mol. The maximum absolute atomic E-state index is 12.7. The minimum Gasteiger partial charge on any atom is -0.355 e. The third kappa shape index (κ3) is 4.11. The van der Waals surface area contributed by atoms with Crippen LogP contribution in [-0.4, -0.2) is 41.9 Å². The molecule has 1 atom stereocenters. The van der Waals surface area contributed by atoms with Gasteiger partial charge in [0.05, 0.1) is 17.2 Å². The summed E-state index contributed by atoms with van der Waals surface area (Å²) in [7, 11) is 1.54. The molecule has 0 aliphatic carbocycles. The standard InChI is InChI=1S/C18H20ClN5O2/c1-20-17(26)14-10-13(19)5-6-15(14)23-16(25)12-4-2-9-24(11-12)18-21-7-3-8-22-18/h3,5-8,10,12H,2,4,9,11H2,1H3,(H,20,26)(H,23,25)/t12-/m0/s1. The number of amides is 2. The third-order valence-corrected chi connectivity index (χ3v) is 4.57. The molecule has 2 heterocycles. The van der Waals surface area contributed by atoms with Gasteiger partial charge in [-0.1, -0.05) is 11.6 Å². The number of carbonyl (C=O) groups excluding carboxylic acids is 2. The van der Waals surface area contributed by atoms with E-state index in [1.54, 1.807) is 36.7 Å². The van der Waals surface area contributed by atoms with Crippen LogP contribution in [0, 0.1) is 5.92 Å². The molecule has 1 fully saturated rings. The fraction of sp³-hybridized carbons (Fsp3) is 0.333. The first kappa shape index (κ1) is 18.1.